The van der Waals surface area contributed by atoms with Crippen LogP contribution in [-0.2, 0) is 34.9 Å². The number of rotatable bonds is 9. The Morgan fingerprint density at radius 2 is 1.79 bits per heavy atom. The van der Waals surface area contributed by atoms with E-state index in [1.165, 1.54) is 24.1 Å². The summed E-state index contributed by atoms with van der Waals surface area (Å²) in [4.78, 5) is 47.9. The van der Waals surface area contributed by atoms with E-state index in [1.54, 1.807) is 20.2 Å². The first-order valence-corrected chi connectivity index (χ1v) is 18.1. The third kappa shape index (κ3) is 6.20. The summed E-state index contributed by atoms with van der Waals surface area (Å²) in [6, 6.07) is 4.61. The molecule has 2 aromatic rings. The Hall–Kier alpha value is -3.67. The average Bonchev–Trinajstić information content (AvgIpc) is 3.52. The Kier molecular flexibility index (Phi) is 10.1. The van der Waals surface area contributed by atoms with Gasteiger partial charge in [0.1, 0.15) is 29.0 Å². The van der Waals surface area contributed by atoms with Crippen molar-refractivity contribution in [1.82, 2.24) is 14.7 Å². The predicted octanol–water partition coefficient (Wildman–Crippen LogP) is 1.95. The van der Waals surface area contributed by atoms with Crippen LogP contribution in [0, 0.1) is 0 Å². The smallest absolute Gasteiger partial charge is 0.254 e. The number of phenols is 2. The minimum atomic E-state index is -2.12. The van der Waals surface area contributed by atoms with E-state index in [4.69, 9.17) is 28.4 Å². The van der Waals surface area contributed by atoms with Gasteiger partial charge >= 0.3 is 0 Å². The minimum Gasteiger partial charge on any atom is -0.507 e. The highest BCUT2D eigenvalue weighted by atomic mass is 16.7. The summed E-state index contributed by atoms with van der Waals surface area (Å²) in [6.07, 6.45) is -4.43. The van der Waals surface area contributed by atoms with Crippen molar-refractivity contribution in [3.8, 4) is 17.2 Å². The monoisotopic (exact) mass is 739 g/mol. The zero-order valence-corrected chi connectivity index (χ0v) is 31.2. The fourth-order valence-electron chi connectivity index (χ4n) is 8.52. The van der Waals surface area contributed by atoms with Crippen LogP contribution in [-0.4, -0.2) is 151 Å². The van der Waals surface area contributed by atoms with Crippen LogP contribution in [0.15, 0.2) is 18.2 Å². The molecule has 53 heavy (non-hydrogen) atoms. The molecule has 2 aliphatic carbocycles. The van der Waals surface area contributed by atoms with Gasteiger partial charge in [-0.1, -0.05) is 12.1 Å². The molecule has 15 nitrogen and oxygen atoms in total. The van der Waals surface area contributed by atoms with E-state index in [-0.39, 0.29) is 52.6 Å². The number of aromatic hydroxyl groups is 2. The molecule has 0 unspecified atom stereocenters. The summed E-state index contributed by atoms with van der Waals surface area (Å²) in [5.74, 6) is -3.08. The summed E-state index contributed by atoms with van der Waals surface area (Å²) >= 11 is 0. The number of likely N-dealkylation sites (N-methyl/N-ethyl adjacent to an activating group) is 2. The Balaban J connectivity index is 1.28. The summed E-state index contributed by atoms with van der Waals surface area (Å²) < 4.78 is 36.0. The second kappa shape index (κ2) is 14.2. The molecular weight excluding hydrogens is 690 g/mol. The van der Waals surface area contributed by atoms with E-state index in [0.29, 0.717) is 32.7 Å². The number of benzene rings is 2. The van der Waals surface area contributed by atoms with E-state index < -0.39 is 83.1 Å². The van der Waals surface area contributed by atoms with Crippen molar-refractivity contribution < 1.29 is 58.1 Å². The fourth-order valence-corrected chi connectivity index (χ4v) is 8.52. The number of aliphatic hydroxyl groups is 1. The van der Waals surface area contributed by atoms with Crippen LogP contribution >= 0.6 is 0 Å². The highest BCUT2D eigenvalue weighted by molar-refractivity contribution is 6.31. The van der Waals surface area contributed by atoms with E-state index in [2.05, 4.69) is 9.80 Å². The molecule has 0 spiro atoms. The number of phenolic OH excluding ortho intramolecular Hbond substituents is 2. The third-order valence-electron chi connectivity index (χ3n) is 11.6. The van der Waals surface area contributed by atoms with E-state index >= 15 is 0 Å². The molecule has 2 aromatic carbocycles. The maximum atomic E-state index is 14.1. The molecule has 3 heterocycles. The lowest BCUT2D eigenvalue weighted by Gasteiger charge is -2.44. The Morgan fingerprint density at radius 3 is 2.49 bits per heavy atom. The maximum Gasteiger partial charge on any atom is 0.254 e. The quantitative estimate of drug-likeness (QED) is 0.272. The molecule has 3 saturated heterocycles. The van der Waals surface area contributed by atoms with Crippen LogP contribution in [0.25, 0.3) is 0 Å². The van der Waals surface area contributed by atoms with Crippen molar-refractivity contribution in [2.24, 2.45) is 0 Å². The van der Waals surface area contributed by atoms with Crippen LogP contribution in [0.5, 0.6) is 17.2 Å². The van der Waals surface area contributed by atoms with Crippen molar-refractivity contribution in [2.75, 3.05) is 54.6 Å². The van der Waals surface area contributed by atoms with Gasteiger partial charge in [0.05, 0.1) is 42.6 Å². The second-order valence-corrected chi connectivity index (χ2v) is 15.0. The molecule has 0 saturated carbocycles. The van der Waals surface area contributed by atoms with Gasteiger partial charge in [-0.3, -0.25) is 19.3 Å². The first-order chi connectivity index (χ1) is 25.2. The molecule has 0 bridgehead atoms. The number of ether oxygens (including phenoxy) is 6. The van der Waals surface area contributed by atoms with Gasteiger partial charge in [0.25, 0.3) is 5.91 Å². The van der Waals surface area contributed by atoms with Crippen molar-refractivity contribution in [2.45, 2.75) is 94.8 Å². The van der Waals surface area contributed by atoms with Crippen LogP contribution in [0.4, 0.5) is 0 Å². The Labute approximate surface area is 308 Å². The number of amides is 1. The molecule has 0 aromatic heterocycles. The zero-order valence-electron chi connectivity index (χ0n) is 31.2. The average molecular weight is 740 g/mol. The van der Waals surface area contributed by atoms with Gasteiger partial charge in [0.2, 0.25) is 5.78 Å². The van der Waals surface area contributed by atoms with Crippen LogP contribution in [0.1, 0.15) is 82.7 Å². The number of carbonyl (C=O) groups is 3. The van der Waals surface area contributed by atoms with Gasteiger partial charge in [-0.05, 0) is 33.9 Å². The molecule has 3 N–H and O–H groups in total. The summed E-state index contributed by atoms with van der Waals surface area (Å²) in [7, 11) is 6.46. The second-order valence-electron chi connectivity index (χ2n) is 15.0. The van der Waals surface area contributed by atoms with E-state index in [1.807, 2.05) is 27.8 Å². The zero-order chi connectivity index (χ0) is 38.1. The van der Waals surface area contributed by atoms with Crippen molar-refractivity contribution in [3.05, 3.63) is 51.6 Å². The molecule has 3 fully saturated rings. The fraction of sp³-hybridized carbons (Fsp3) is 0.605. The largest absolute Gasteiger partial charge is 0.507 e. The molecule has 1 amide bonds. The molecular formula is C38H49N3O12. The first-order valence-electron chi connectivity index (χ1n) is 18.1. The van der Waals surface area contributed by atoms with E-state index in [9.17, 15) is 29.7 Å². The number of ketones is 2. The van der Waals surface area contributed by atoms with Gasteiger partial charge in [-0.25, -0.2) is 0 Å². The lowest BCUT2D eigenvalue weighted by molar-refractivity contribution is -0.256. The summed E-state index contributed by atoms with van der Waals surface area (Å²) in [5, 5.41) is 36.2. The molecule has 3 aliphatic heterocycles. The normalized spacial score (nSPS) is 30.8. The topological polar surface area (TPSA) is 177 Å². The van der Waals surface area contributed by atoms with Crippen LogP contribution < -0.4 is 4.74 Å². The first kappa shape index (κ1) is 37.6. The molecule has 0 radical (unpaired) electrons. The minimum absolute atomic E-state index is 0.00416. The molecule has 15 heteroatoms. The van der Waals surface area contributed by atoms with Crippen LogP contribution in [0.3, 0.4) is 0 Å². The van der Waals surface area contributed by atoms with E-state index in [0.717, 1.165) is 0 Å². The summed E-state index contributed by atoms with van der Waals surface area (Å²) in [6.45, 7) is 7.80. The highest BCUT2D eigenvalue weighted by Crippen LogP contribution is 2.53. The Bertz CT molecular complexity index is 1800. The van der Waals surface area contributed by atoms with Crippen molar-refractivity contribution >= 4 is 17.5 Å². The Morgan fingerprint density at radius 1 is 1.06 bits per heavy atom. The molecule has 8 atom stereocenters. The molecule has 7 rings (SSSR count). The maximum absolute atomic E-state index is 14.1. The van der Waals surface area contributed by atoms with Gasteiger partial charge in [-0.2, -0.15) is 0 Å². The lowest BCUT2D eigenvalue weighted by atomic mass is 9.72. The van der Waals surface area contributed by atoms with Gasteiger partial charge in [0.15, 0.2) is 24.6 Å². The SMILES string of the molecule is COc1cccc2c1C(=O)c1c(O)c3c(c(O)c1C2=O)C[C@@](O)(C(=O)N(C)CCN(C)C(C)C)C[C@@H]3O[C@H]1C[C@H]2[C@H](O[C@@H]3[C@@H](OC)OCCN32)[C@H](C)O1. The number of hydrogen-bond donors (Lipinski definition) is 3. The number of methoxy groups -OCH3 is 2. The molecule has 288 valence electrons. The molecule has 5 aliphatic rings. The number of nitrogens with zero attached hydrogens (tertiary/aromatic N) is 3. The number of morpholine rings is 1. The lowest BCUT2D eigenvalue weighted by Crippen LogP contribution is -2.55. The van der Waals surface area contributed by atoms with Gasteiger partial charge in [-0.15, -0.1) is 0 Å². The van der Waals surface area contributed by atoms with Gasteiger partial charge < -0.3 is 53.5 Å². The highest BCUT2D eigenvalue weighted by Gasteiger charge is 2.55. The predicted molar refractivity (Wildman–Crippen MR) is 187 cm³/mol. The number of hydrogen-bond acceptors (Lipinski definition) is 14. The van der Waals surface area contributed by atoms with Crippen LogP contribution in [0.2, 0.25) is 0 Å². The van der Waals surface area contributed by atoms with Crippen molar-refractivity contribution in [3.63, 3.8) is 0 Å². The summed E-state index contributed by atoms with van der Waals surface area (Å²) in [5.41, 5.74) is -3.03. The number of carbonyl (C=O) groups excluding carboxylic acids is 3. The number of fused-ring (bicyclic) bond motifs is 6. The standard InChI is InChI=1S/C38H49N3O12/c1-18(2)39(4)11-12-40(5)37(46)38(47)16-21-27(33(45)29-28(31(21)43)30(42)20-9-8-10-23(48-6)26(20)32(29)44)24(17-38)52-25-15-22-34(19(3)51-25)53-35-36(49-7)50-14-13-41(22)35/h8-10,18-19,22,24-25,34-36,43,45,47H,11-17H2,1-7H3/t19-,22-,24-,25-,34+,35+,36-,38-/m0/s1. The third-order valence-corrected chi connectivity index (χ3v) is 11.6. The van der Waals surface area contributed by atoms with Crippen molar-refractivity contribution in [1.29, 1.82) is 0 Å². The van der Waals surface area contributed by atoms with Gasteiger partial charge in [0, 0.05) is 81.8 Å².